The second-order valence-corrected chi connectivity index (χ2v) is 6.31. The summed E-state index contributed by atoms with van der Waals surface area (Å²) in [5, 5.41) is 2.88. The molecule has 2 atom stereocenters. The van der Waals surface area contributed by atoms with Gasteiger partial charge in [0.05, 0.1) is 17.3 Å². The van der Waals surface area contributed by atoms with Crippen LogP contribution in [-0.2, 0) is 4.74 Å². The van der Waals surface area contributed by atoms with Crippen LogP contribution in [0.15, 0.2) is 30.5 Å². The standard InChI is InChI=1S/C19H24FN3O2/c1-11(2)17-15(10-21-13(4)23-17)19(24)22-12(3)18(25-5)14-8-6-7-9-16(14)20/h6-12,18H,1-5H3,(H,22,24)/t12-,18-/m1/s1. The SMILES string of the molecule is CO[C@@H](c1ccccc1F)[C@@H](C)NC(=O)c1cnc(C)nc1C(C)C. The Kier molecular flexibility index (Phi) is 6.20. The van der Waals surface area contributed by atoms with Crippen molar-refractivity contribution in [1.82, 2.24) is 15.3 Å². The first-order valence-corrected chi connectivity index (χ1v) is 8.26. The van der Waals surface area contributed by atoms with Crippen molar-refractivity contribution in [2.75, 3.05) is 7.11 Å². The summed E-state index contributed by atoms with van der Waals surface area (Å²) >= 11 is 0. The van der Waals surface area contributed by atoms with E-state index < -0.39 is 12.1 Å². The van der Waals surface area contributed by atoms with Gasteiger partial charge in [0.25, 0.3) is 5.91 Å². The van der Waals surface area contributed by atoms with Gasteiger partial charge in [-0.1, -0.05) is 32.0 Å². The van der Waals surface area contributed by atoms with E-state index in [1.54, 1.807) is 32.0 Å². The maximum Gasteiger partial charge on any atom is 0.255 e. The van der Waals surface area contributed by atoms with Crippen molar-refractivity contribution in [1.29, 1.82) is 0 Å². The largest absolute Gasteiger partial charge is 0.375 e. The van der Waals surface area contributed by atoms with Crippen molar-refractivity contribution in [2.45, 2.75) is 45.8 Å². The van der Waals surface area contributed by atoms with Gasteiger partial charge in [0.1, 0.15) is 17.7 Å². The third-order valence-corrected chi connectivity index (χ3v) is 4.01. The van der Waals surface area contributed by atoms with Crippen molar-refractivity contribution in [3.8, 4) is 0 Å². The molecule has 6 heteroatoms. The van der Waals surface area contributed by atoms with Gasteiger partial charge < -0.3 is 10.1 Å². The van der Waals surface area contributed by atoms with Crippen LogP contribution < -0.4 is 5.32 Å². The Labute approximate surface area is 147 Å². The first-order chi connectivity index (χ1) is 11.8. The smallest absolute Gasteiger partial charge is 0.255 e. The van der Waals surface area contributed by atoms with Crippen molar-refractivity contribution in [3.05, 3.63) is 58.9 Å². The molecule has 1 amide bonds. The zero-order chi connectivity index (χ0) is 18.6. The van der Waals surface area contributed by atoms with E-state index in [0.29, 0.717) is 22.6 Å². The first kappa shape index (κ1) is 19.0. The van der Waals surface area contributed by atoms with Crippen molar-refractivity contribution in [3.63, 3.8) is 0 Å². The summed E-state index contributed by atoms with van der Waals surface area (Å²) in [6.07, 6.45) is 0.934. The fourth-order valence-corrected chi connectivity index (χ4v) is 2.77. The zero-order valence-corrected chi connectivity index (χ0v) is 15.2. The van der Waals surface area contributed by atoms with Crippen molar-refractivity contribution >= 4 is 5.91 Å². The minimum Gasteiger partial charge on any atom is -0.375 e. The van der Waals surface area contributed by atoms with Gasteiger partial charge >= 0.3 is 0 Å². The Balaban J connectivity index is 2.24. The van der Waals surface area contributed by atoms with Crippen LogP contribution >= 0.6 is 0 Å². The second-order valence-electron chi connectivity index (χ2n) is 6.31. The molecule has 0 bridgehead atoms. The van der Waals surface area contributed by atoms with Crippen LogP contribution in [0.4, 0.5) is 4.39 Å². The summed E-state index contributed by atoms with van der Waals surface area (Å²) in [5.41, 5.74) is 1.52. The van der Waals surface area contributed by atoms with E-state index in [1.165, 1.54) is 19.4 Å². The normalized spacial score (nSPS) is 13.6. The average molecular weight is 345 g/mol. The average Bonchev–Trinajstić information content (AvgIpc) is 2.56. The molecule has 1 heterocycles. The molecule has 2 rings (SSSR count). The lowest BCUT2D eigenvalue weighted by Crippen LogP contribution is -2.38. The van der Waals surface area contributed by atoms with E-state index in [0.717, 1.165) is 0 Å². The van der Waals surface area contributed by atoms with E-state index in [9.17, 15) is 9.18 Å². The number of benzene rings is 1. The highest BCUT2D eigenvalue weighted by atomic mass is 19.1. The fourth-order valence-electron chi connectivity index (χ4n) is 2.77. The Morgan fingerprint density at radius 1 is 1.24 bits per heavy atom. The molecule has 1 aromatic heterocycles. The Hall–Kier alpha value is -2.34. The van der Waals surface area contributed by atoms with Crippen LogP contribution in [0.1, 0.15) is 60.2 Å². The van der Waals surface area contributed by atoms with E-state index in [-0.39, 0.29) is 17.6 Å². The molecule has 0 fully saturated rings. The molecule has 0 spiro atoms. The number of methoxy groups -OCH3 is 1. The molecular weight excluding hydrogens is 321 g/mol. The number of carbonyl (C=O) groups is 1. The van der Waals surface area contributed by atoms with E-state index in [4.69, 9.17) is 4.74 Å². The number of nitrogens with one attached hydrogen (secondary N) is 1. The van der Waals surface area contributed by atoms with Crippen molar-refractivity contribution in [2.24, 2.45) is 0 Å². The monoisotopic (exact) mass is 345 g/mol. The van der Waals surface area contributed by atoms with Crippen LogP contribution in [0, 0.1) is 12.7 Å². The maximum absolute atomic E-state index is 14.0. The van der Waals surface area contributed by atoms with Crippen LogP contribution in [0.25, 0.3) is 0 Å². The lowest BCUT2D eigenvalue weighted by molar-refractivity contribution is 0.0624. The molecule has 2 aromatic rings. The summed E-state index contributed by atoms with van der Waals surface area (Å²) < 4.78 is 19.5. The molecule has 25 heavy (non-hydrogen) atoms. The topological polar surface area (TPSA) is 64.1 Å². The Morgan fingerprint density at radius 2 is 1.92 bits per heavy atom. The van der Waals surface area contributed by atoms with Gasteiger partial charge in [-0.25, -0.2) is 14.4 Å². The van der Waals surface area contributed by atoms with Crippen LogP contribution in [0.3, 0.4) is 0 Å². The Morgan fingerprint density at radius 3 is 2.52 bits per heavy atom. The number of aromatic nitrogens is 2. The molecule has 0 aliphatic carbocycles. The number of ether oxygens (including phenoxy) is 1. The summed E-state index contributed by atoms with van der Waals surface area (Å²) in [7, 11) is 1.49. The number of halogens is 1. The maximum atomic E-state index is 14.0. The molecule has 1 N–H and O–H groups in total. The summed E-state index contributed by atoms with van der Waals surface area (Å²) in [6.45, 7) is 7.51. The third kappa shape index (κ3) is 4.39. The number of nitrogens with zero attached hydrogens (tertiary/aromatic N) is 2. The summed E-state index contributed by atoms with van der Waals surface area (Å²) in [5.74, 6) is 0.0450. The highest BCUT2D eigenvalue weighted by molar-refractivity contribution is 5.95. The molecule has 0 unspecified atom stereocenters. The van der Waals surface area contributed by atoms with E-state index >= 15 is 0 Å². The minimum atomic E-state index is -0.598. The van der Waals surface area contributed by atoms with Gasteiger partial charge in [-0.15, -0.1) is 0 Å². The van der Waals surface area contributed by atoms with Gasteiger partial charge in [0.15, 0.2) is 0 Å². The fraction of sp³-hybridized carbons (Fsp3) is 0.421. The minimum absolute atomic E-state index is 0.0857. The number of rotatable bonds is 6. The second kappa shape index (κ2) is 8.16. The first-order valence-electron chi connectivity index (χ1n) is 8.26. The van der Waals surface area contributed by atoms with Gasteiger partial charge in [-0.3, -0.25) is 4.79 Å². The van der Waals surface area contributed by atoms with Gasteiger partial charge in [-0.2, -0.15) is 0 Å². The molecule has 0 aliphatic rings. The summed E-state index contributed by atoms with van der Waals surface area (Å²) in [4.78, 5) is 21.2. The highest BCUT2D eigenvalue weighted by Gasteiger charge is 2.25. The number of amides is 1. The molecule has 0 aliphatic heterocycles. The lowest BCUT2D eigenvalue weighted by Gasteiger charge is -2.25. The molecule has 0 saturated carbocycles. The van der Waals surface area contributed by atoms with Gasteiger partial charge in [0, 0.05) is 18.9 Å². The molecule has 1 aromatic carbocycles. The number of hydrogen-bond donors (Lipinski definition) is 1. The van der Waals surface area contributed by atoms with E-state index in [2.05, 4.69) is 15.3 Å². The molecule has 0 saturated heterocycles. The van der Waals surface area contributed by atoms with Crippen LogP contribution in [0.2, 0.25) is 0 Å². The lowest BCUT2D eigenvalue weighted by atomic mass is 10.0. The quantitative estimate of drug-likeness (QED) is 0.869. The number of aryl methyl sites for hydroxylation is 1. The summed E-state index contributed by atoms with van der Waals surface area (Å²) in [6, 6.07) is 5.95. The van der Waals surface area contributed by atoms with Crippen LogP contribution in [-0.4, -0.2) is 29.0 Å². The predicted molar refractivity (Wildman–Crippen MR) is 93.9 cm³/mol. The van der Waals surface area contributed by atoms with Gasteiger partial charge in [0.2, 0.25) is 0 Å². The van der Waals surface area contributed by atoms with E-state index in [1.807, 2.05) is 13.8 Å². The molecule has 134 valence electrons. The third-order valence-electron chi connectivity index (χ3n) is 4.01. The van der Waals surface area contributed by atoms with Crippen LogP contribution in [0.5, 0.6) is 0 Å². The predicted octanol–water partition coefficient (Wildman–Crippen LogP) is 3.55. The number of carbonyl (C=O) groups excluding carboxylic acids is 1. The van der Waals surface area contributed by atoms with Gasteiger partial charge in [-0.05, 0) is 25.8 Å². The molecule has 5 nitrogen and oxygen atoms in total. The van der Waals surface area contributed by atoms with Crippen molar-refractivity contribution < 1.29 is 13.9 Å². The zero-order valence-electron chi connectivity index (χ0n) is 15.2. The number of hydrogen-bond acceptors (Lipinski definition) is 4. The molecular formula is C19H24FN3O2. The Bertz CT molecular complexity index is 749. The highest BCUT2D eigenvalue weighted by Crippen LogP contribution is 2.24. The molecule has 0 radical (unpaired) electrons.